The highest BCUT2D eigenvalue weighted by atomic mass is 31.3. The second-order valence-corrected chi connectivity index (χ2v) is 6.56. The summed E-state index contributed by atoms with van der Waals surface area (Å²) in [5.74, 6) is 0. The van der Waals surface area contributed by atoms with Gasteiger partial charge in [0.1, 0.15) is 0 Å². The summed E-state index contributed by atoms with van der Waals surface area (Å²) < 4.78 is 29.5. The van der Waals surface area contributed by atoms with Crippen LogP contribution in [-0.4, -0.2) is 21.3 Å². The van der Waals surface area contributed by atoms with Crippen LogP contribution in [0.15, 0.2) is 11.6 Å². The first-order valence-electron chi connectivity index (χ1n) is 5.21. The van der Waals surface area contributed by atoms with Gasteiger partial charge in [0.05, 0.1) is 6.61 Å². The fourth-order valence-electron chi connectivity index (χ4n) is 1.58. The quantitative estimate of drug-likeness (QED) is 0.506. The van der Waals surface area contributed by atoms with Crippen molar-refractivity contribution < 1.29 is 32.6 Å². The van der Waals surface area contributed by atoms with Crippen molar-refractivity contribution in [3.05, 3.63) is 11.6 Å². The molecule has 100 valence electrons. The van der Waals surface area contributed by atoms with Crippen molar-refractivity contribution in [3.63, 3.8) is 0 Å². The maximum Gasteiger partial charge on any atom is 0.481 e. The molecular weight excluding hydrogens is 270 g/mol. The van der Waals surface area contributed by atoms with Crippen molar-refractivity contribution in [2.24, 2.45) is 0 Å². The molecule has 0 saturated heterocycles. The molecular formula is C8H16O7P2. The lowest BCUT2D eigenvalue weighted by molar-refractivity contribution is 0.179. The molecule has 0 amide bonds. The van der Waals surface area contributed by atoms with Crippen LogP contribution in [0, 0.1) is 0 Å². The molecule has 0 saturated carbocycles. The molecule has 1 aliphatic rings. The van der Waals surface area contributed by atoms with Crippen molar-refractivity contribution >= 4 is 15.6 Å². The predicted molar refractivity (Wildman–Crippen MR) is 60.1 cm³/mol. The lowest BCUT2D eigenvalue weighted by Gasteiger charge is -2.15. The monoisotopic (exact) mass is 286 g/mol. The van der Waals surface area contributed by atoms with Crippen LogP contribution in [0.3, 0.4) is 0 Å². The Hall–Kier alpha value is -0.0000000000000000555. The maximum atomic E-state index is 11.1. The molecule has 0 radical (unpaired) electrons. The van der Waals surface area contributed by atoms with E-state index in [1.807, 2.05) is 0 Å². The van der Waals surface area contributed by atoms with E-state index in [0.29, 0.717) is 6.42 Å². The summed E-state index contributed by atoms with van der Waals surface area (Å²) in [6, 6.07) is 0. The molecule has 0 aromatic carbocycles. The molecule has 1 unspecified atom stereocenters. The first-order valence-corrected chi connectivity index (χ1v) is 8.23. The molecule has 0 aromatic rings. The molecule has 0 aromatic heterocycles. The lowest BCUT2D eigenvalue weighted by atomic mass is 9.98. The van der Waals surface area contributed by atoms with E-state index in [9.17, 15) is 9.13 Å². The summed E-state index contributed by atoms with van der Waals surface area (Å²) in [6.45, 7) is -0.0976. The average molecular weight is 286 g/mol. The minimum absolute atomic E-state index is 0.0976. The number of hydrogen-bond donors (Lipinski definition) is 3. The predicted octanol–water partition coefficient (Wildman–Crippen LogP) is 2.10. The molecule has 1 atom stereocenters. The number of phosphoric ester groups is 1. The Morgan fingerprint density at radius 1 is 1.24 bits per heavy atom. The van der Waals surface area contributed by atoms with Crippen LogP contribution in [0.1, 0.15) is 32.1 Å². The van der Waals surface area contributed by atoms with E-state index < -0.39 is 15.6 Å². The average Bonchev–Trinajstić information content (AvgIpc) is 2.15. The van der Waals surface area contributed by atoms with E-state index in [2.05, 4.69) is 14.9 Å². The third-order valence-corrected chi connectivity index (χ3v) is 4.46. The molecule has 0 heterocycles. The van der Waals surface area contributed by atoms with E-state index in [0.717, 1.165) is 31.3 Å². The SMILES string of the molecule is O=P(O)(O)OP(=O)(O)OCCC1=CCCCC1. The second-order valence-electron chi connectivity index (χ2n) is 3.73. The third kappa shape index (κ3) is 7.11. The first kappa shape index (κ1) is 15.1. The standard InChI is InChI=1S/C8H16O7P2/c9-16(10,11)15-17(12,13)14-7-6-8-4-2-1-3-5-8/h4H,1-3,5-7H2,(H,12,13)(H2,9,10,11). The van der Waals surface area contributed by atoms with Gasteiger partial charge in [0, 0.05) is 0 Å². The molecule has 9 heteroatoms. The number of allylic oxidation sites excluding steroid dienone is 1. The van der Waals surface area contributed by atoms with Crippen molar-refractivity contribution in [2.45, 2.75) is 32.1 Å². The summed E-state index contributed by atoms with van der Waals surface area (Å²) in [5.41, 5.74) is 1.13. The second kappa shape index (κ2) is 6.25. The Bertz CT molecular complexity index is 372. The van der Waals surface area contributed by atoms with E-state index in [-0.39, 0.29) is 6.61 Å². The van der Waals surface area contributed by atoms with Crippen molar-refractivity contribution in [1.29, 1.82) is 0 Å². The van der Waals surface area contributed by atoms with Gasteiger partial charge in [-0.25, -0.2) is 9.13 Å². The Morgan fingerprint density at radius 3 is 2.47 bits per heavy atom. The normalized spacial score (nSPS) is 20.8. The van der Waals surface area contributed by atoms with Gasteiger partial charge in [-0.2, -0.15) is 4.31 Å². The van der Waals surface area contributed by atoms with Crippen molar-refractivity contribution in [3.8, 4) is 0 Å². The highest BCUT2D eigenvalue weighted by molar-refractivity contribution is 7.60. The zero-order valence-electron chi connectivity index (χ0n) is 9.19. The molecule has 3 N–H and O–H groups in total. The molecule has 0 bridgehead atoms. The highest BCUT2D eigenvalue weighted by Gasteiger charge is 2.32. The summed E-state index contributed by atoms with van der Waals surface area (Å²) in [4.78, 5) is 25.7. The largest absolute Gasteiger partial charge is 0.481 e. The fraction of sp³-hybridized carbons (Fsp3) is 0.750. The smallest absolute Gasteiger partial charge is 0.302 e. The van der Waals surface area contributed by atoms with E-state index >= 15 is 0 Å². The Balaban J connectivity index is 2.32. The van der Waals surface area contributed by atoms with Gasteiger partial charge in [0.25, 0.3) is 0 Å². The van der Waals surface area contributed by atoms with E-state index in [4.69, 9.17) is 14.7 Å². The maximum absolute atomic E-state index is 11.1. The molecule has 1 rings (SSSR count). The number of hydrogen-bond acceptors (Lipinski definition) is 4. The summed E-state index contributed by atoms with van der Waals surface area (Å²) in [6.07, 6.45) is 6.67. The minimum atomic E-state index is -5.01. The number of phosphoric acid groups is 2. The summed E-state index contributed by atoms with van der Waals surface area (Å²) in [5, 5.41) is 0. The minimum Gasteiger partial charge on any atom is -0.302 e. The van der Waals surface area contributed by atoms with Crippen LogP contribution < -0.4 is 0 Å². The van der Waals surface area contributed by atoms with Crippen LogP contribution in [0.25, 0.3) is 0 Å². The molecule has 0 fully saturated rings. The van der Waals surface area contributed by atoms with Gasteiger partial charge >= 0.3 is 15.6 Å². The molecule has 17 heavy (non-hydrogen) atoms. The van der Waals surface area contributed by atoms with Gasteiger partial charge in [-0.3, -0.25) is 4.52 Å². The van der Waals surface area contributed by atoms with E-state index in [1.54, 1.807) is 0 Å². The first-order chi connectivity index (χ1) is 7.79. The van der Waals surface area contributed by atoms with Gasteiger partial charge in [0.15, 0.2) is 0 Å². The Labute approximate surface area is 99.3 Å². The van der Waals surface area contributed by atoms with Crippen LogP contribution in [-0.2, 0) is 18.0 Å². The molecule has 0 aliphatic heterocycles. The van der Waals surface area contributed by atoms with Gasteiger partial charge in [-0.15, -0.1) is 0 Å². The zero-order chi connectivity index (χ0) is 12.9. The zero-order valence-corrected chi connectivity index (χ0v) is 11.0. The van der Waals surface area contributed by atoms with Gasteiger partial charge in [0.2, 0.25) is 0 Å². The molecule has 0 spiro atoms. The fourth-order valence-corrected chi connectivity index (χ4v) is 3.17. The number of rotatable bonds is 6. The van der Waals surface area contributed by atoms with Crippen LogP contribution in [0.5, 0.6) is 0 Å². The van der Waals surface area contributed by atoms with Crippen LogP contribution >= 0.6 is 15.6 Å². The van der Waals surface area contributed by atoms with Crippen LogP contribution in [0.4, 0.5) is 0 Å². The lowest BCUT2D eigenvalue weighted by Crippen LogP contribution is -1.99. The summed E-state index contributed by atoms with van der Waals surface area (Å²) >= 11 is 0. The van der Waals surface area contributed by atoms with Gasteiger partial charge in [-0.05, 0) is 32.1 Å². The Morgan fingerprint density at radius 2 is 1.94 bits per heavy atom. The van der Waals surface area contributed by atoms with E-state index in [1.165, 1.54) is 0 Å². The van der Waals surface area contributed by atoms with Gasteiger partial charge < -0.3 is 14.7 Å². The van der Waals surface area contributed by atoms with Crippen molar-refractivity contribution in [2.75, 3.05) is 6.61 Å². The van der Waals surface area contributed by atoms with Gasteiger partial charge in [-0.1, -0.05) is 11.6 Å². The Kier molecular flexibility index (Phi) is 5.54. The molecule has 7 nitrogen and oxygen atoms in total. The molecule has 1 aliphatic carbocycles. The highest BCUT2D eigenvalue weighted by Crippen LogP contribution is 2.57. The van der Waals surface area contributed by atoms with Crippen LogP contribution in [0.2, 0.25) is 0 Å². The topological polar surface area (TPSA) is 113 Å². The summed E-state index contributed by atoms with van der Waals surface area (Å²) in [7, 11) is -9.68. The third-order valence-electron chi connectivity index (χ3n) is 2.27. The van der Waals surface area contributed by atoms with Crippen molar-refractivity contribution in [1.82, 2.24) is 0 Å².